The Kier molecular flexibility index (Phi) is 3.93. The van der Waals surface area contributed by atoms with Crippen LogP contribution in [-0.4, -0.2) is 40.5 Å². The van der Waals surface area contributed by atoms with Crippen molar-refractivity contribution >= 4 is 16.6 Å². The number of piperidine rings is 1. The van der Waals surface area contributed by atoms with E-state index < -0.39 is 17.3 Å². The van der Waals surface area contributed by atoms with Crippen molar-refractivity contribution in [3.8, 4) is 0 Å². The highest BCUT2D eigenvalue weighted by Crippen LogP contribution is 2.37. The Hall–Kier alpha value is -1.86. The van der Waals surface area contributed by atoms with Crippen molar-refractivity contribution in [3.63, 3.8) is 0 Å². The summed E-state index contributed by atoms with van der Waals surface area (Å²) in [6.07, 6.45) is -2.34. The summed E-state index contributed by atoms with van der Waals surface area (Å²) in [6, 6.07) is 5.72. The van der Waals surface area contributed by atoms with E-state index in [0.717, 1.165) is 6.07 Å². The minimum atomic E-state index is -4.45. The molecule has 0 radical (unpaired) electrons. The van der Waals surface area contributed by atoms with Crippen LogP contribution in [0.4, 0.5) is 18.9 Å². The molecule has 1 saturated heterocycles. The highest BCUT2D eigenvalue weighted by molar-refractivity contribution is 5.93. The number of nitrogens with zero attached hydrogens (tertiary/aromatic N) is 2. The number of fused-ring (bicyclic) bond motifs is 1. The number of aliphatic hydroxyl groups is 2. The van der Waals surface area contributed by atoms with Crippen LogP contribution in [0.3, 0.4) is 0 Å². The molecule has 3 rings (SSSR count). The zero-order chi connectivity index (χ0) is 16.7. The van der Waals surface area contributed by atoms with E-state index >= 15 is 0 Å². The van der Waals surface area contributed by atoms with Gasteiger partial charge in [-0.15, -0.1) is 0 Å². The van der Waals surface area contributed by atoms with Crippen LogP contribution in [0.1, 0.15) is 18.4 Å². The summed E-state index contributed by atoms with van der Waals surface area (Å²) in [5, 5.41) is 19.7. The third-order valence-electron chi connectivity index (χ3n) is 4.38. The molecule has 0 amide bonds. The Balaban J connectivity index is 2.00. The van der Waals surface area contributed by atoms with Crippen molar-refractivity contribution in [2.24, 2.45) is 0 Å². The van der Waals surface area contributed by atoms with Gasteiger partial charge in [0, 0.05) is 30.4 Å². The first-order valence-corrected chi connectivity index (χ1v) is 7.37. The number of hydrogen-bond donors (Lipinski definition) is 2. The van der Waals surface area contributed by atoms with Gasteiger partial charge in [-0.25, -0.2) is 0 Å². The van der Waals surface area contributed by atoms with E-state index in [4.69, 9.17) is 0 Å². The van der Waals surface area contributed by atoms with Gasteiger partial charge in [0.2, 0.25) is 0 Å². The van der Waals surface area contributed by atoms with E-state index in [1.165, 1.54) is 12.3 Å². The molecular formula is C16H17F3N2O2. The van der Waals surface area contributed by atoms with E-state index in [0.29, 0.717) is 37.0 Å². The molecule has 0 bridgehead atoms. The lowest BCUT2D eigenvalue weighted by Crippen LogP contribution is -2.46. The highest BCUT2D eigenvalue weighted by atomic mass is 19.4. The molecule has 7 heteroatoms. The molecule has 1 aromatic heterocycles. The molecule has 2 aromatic rings. The van der Waals surface area contributed by atoms with Crippen molar-refractivity contribution in [1.29, 1.82) is 0 Å². The number of hydrogen-bond acceptors (Lipinski definition) is 4. The maximum atomic E-state index is 13.1. The van der Waals surface area contributed by atoms with Gasteiger partial charge >= 0.3 is 6.18 Å². The fourth-order valence-corrected chi connectivity index (χ4v) is 2.99. The lowest BCUT2D eigenvalue weighted by atomic mass is 9.92. The lowest BCUT2D eigenvalue weighted by Gasteiger charge is -2.38. The van der Waals surface area contributed by atoms with Gasteiger partial charge in [-0.05, 0) is 25.0 Å². The number of aromatic nitrogens is 1. The van der Waals surface area contributed by atoms with Gasteiger partial charge in [0.1, 0.15) is 0 Å². The summed E-state index contributed by atoms with van der Waals surface area (Å²) in [5.74, 6) is 0. The molecule has 1 fully saturated rings. The molecule has 0 spiro atoms. The third kappa shape index (κ3) is 2.98. The normalized spacial score (nSPS) is 18.4. The highest BCUT2D eigenvalue weighted by Gasteiger charge is 2.35. The molecule has 4 nitrogen and oxygen atoms in total. The first-order valence-electron chi connectivity index (χ1n) is 7.37. The zero-order valence-corrected chi connectivity index (χ0v) is 12.3. The Morgan fingerprint density at radius 1 is 1.17 bits per heavy atom. The Morgan fingerprint density at radius 2 is 1.87 bits per heavy atom. The quantitative estimate of drug-likeness (QED) is 0.891. The van der Waals surface area contributed by atoms with Crippen molar-refractivity contribution in [1.82, 2.24) is 4.98 Å². The van der Waals surface area contributed by atoms with Crippen LogP contribution in [0, 0.1) is 0 Å². The van der Waals surface area contributed by atoms with Gasteiger partial charge in [0.15, 0.2) is 0 Å². The Bertz CT molecular complexity index is 710. The molecule has 2 N–H and O–H groups in total. The number of aliphatic hydroxyl groups excluding tert-OH is 1. The zero-order valence-electron chi connectivity index (χ0n) is 12.3. The van der Waals surface area contributed by atoms with Gasteiger partial charge in [0.05, 0.1) is 23.3 Å². The molecule has 1 aliphatic heterocycles. The minimum Gasteiger partial charge on any atom is -0.393 e. The van der Waals surface area contributed by atoms with E-state index in [1.807, 2.05) is 4.90 Å². The van der Waals surface area contributed by atoms with Crippen LogP contribution in [0.5, 0.6) is 0 Å². The number of halogens is 3. The third-order valence-corrected chi connectivity index (χ3v) is 4.38. The fraction of sp³-hybridized carbons (Fsp3) is 0.438. The number of pyridine rings is 1. The molecule has 2 heterocycles. The lowest BCUT2D eigenvalue weighted by molar-refractivity contribution is -0.136. The van der Waals surface area contributed by atoms with Crippen molar-refractivity contribution < 1.29 is 23.4 Å². The maximum absolute atomic E-state index is 13.1. The number of alkyl halides is 3. The molecule has 0 aliphatic carbocycles. The summed E-state index contributed by atoms with van der Waals surface area (Å²) >= 11 is 0. The van der Waals surface area contributed by atoms with Crippen LogP contribution in [0.15, 0.2) is 30.5 Å². The van der Waals surface area contributed by atoms with Crippen LogP contribution < -0.4 is 4.90 Å². The molecule has 23 heavy (non-hydrogen) atoms. The molecule has 124 valence electrons. The summed E-state index contributed by atoms with van der Waals surface area (Å²) in [4.78, 5) is 5.84. The molecule has 1 aromatic carbocycles. The molecule has 0 atom stereocenters. The number of rotatable bonds is 2. The van der Waals surface area contributed by atoms with Crippen molar-refractivity contribution in [3.05, 3.63) is 36.0 Å². The topological polar surface area (TPSA) is 56.6 Å². The smallest absolute Gasteiger partial charge is 0.393 e. The number of anilines is 1. The van der Waals surface area contributed by atoms with Gasteiger partial charge in [-0.1, -0.05) is 12.1 Å². The van der Waals surface area contributed by atoms with Crippen molar-refractivity contribution in [2.45, 2.75) is 24.6 Å². The van der Waals surface area contributed by atoms with Crippen LogP contribution in [0.2, 0.25) is 0 Å². The monoisotopic (exact) mass is 326 g/mol. The summed E-state index contributed by atoms with van der Waals surface area (Å²) in [5.41, 5.74) is -1.25. The second kappa shape index (κ2) is 5.65. The van der Waals surface area contributed by atoms with Crippen molar-refractivity contribution in [2.75, 3.05) is 24.6 Å². The first-order chi connectivity index (χ1) is 10.8. The van der Waals surface area contributed by atoms with E-state index in [2.05, 4.69) is 4.98 Å². The average Bonchev–Trinajstić information content (AvgIpc) is 2.54. The summed E-state index contributed by atoms with van der Waals surface area (Å²) in [6.45, 7) is 0.620. The fourth-order valence-electron chi connectivity index (χ4n) is 2.99. The standard InChI is InChI=1S/C16H17F3N2O2/c17-16(18,19)12-3-1-2-11-13(4-7-20-14(11)12)21-8-5-15(23,10-22)6-9-21/h1-4,7,22-23H,5-6,8-10H2. The maximum Gasteiger partial charge on any atom is 0.418 e. The Labute approximate surface area is 131 Å². The number of para-hydroxylation sites is 1. The average molecular weight is 326 g/mol. The van der Waals surface area contributed by atoms with Gasteiger partial charge < -0.3 is 15.1 Å². The van der Waals surface area contributed by atoms with Crippen LogP contribution in [-0.2, 0) is 6.18 Å². The molecule has 0 saturated carbocycles. The molecule has 1 aliphatic rings. The SMILES string of the molecule is OCC1(O)CCN(c2ccnc3c(C(F)(F)F)cccc23)CC1. The largest absolute Gasteiger partial charge is 0.418 e. The molecule has 0 unspecified atom stereocenters. The Morgan fingerprint density at radius 3 is 2.48 bits per heavy atom. The van der Waals surface area contributed by atoms with E-state index in [-0.39, 0.29) is 12.1 Å². The second-order valence-corrected chi connectivity index (χ2v) is 5.90. The van der Waals surface area contributed by atoms with Gasteiger partial charge in [-0.3, -0.25) is 4.98 Å². The first kappa shape index (κ1) is 16.0. The summed E-state index contributed by atoms with van der Waals surface area (Å²) in [7, 11) is 0. The van der Waals surface area contributed by atoms with E-state index in [9.17, 15) is 23.4 Å². The summed E-state index contributed by atoms with van der Waals surface area (Å²) < 4.78 is 39.4. The van der Waals surface area contributed by atoms with Crippen LogP contribution >= 0.6 is 0 Å². The predicted molar refractivity (Wildman–Crippen MR) is 80.2 cm³/mol. The van der Waals surface area contributed by atoms with Crippen LogP contribution in [0.25, 0.3) is 10.9 Å². The number of benzene rings is 1. The minimum absolute atomic E-state index is 0.0690. The van der Waals surface area contributed by atoms with E-state index in [1.54, 1.807) is 12.1 Å². The molecular weight excluding hydrogens is 309 g/mol. The second-order valence-electron chi connectivity index (χ2n) is 5.90. The van der Waals surface area contributed by atoms with Gasteiger partial charge in [-0.2, -0.15) is 13.2 Å². The van der Waals surface area contributed by atoms with Gasteiger partial charge in [0.25, 0.3) is 0 Å². The predicted octanol–water partition coefficient (Wildman–Crippen LogP) is 2.58.